The molecular formula is C12H13BrFNOS. The van der Waals surface area contributed by atoms with Crippen LogP contribution < -0.4 is 0 Å². The zero-order valence-electron chi connectivity index (χ0n) is 9.29. The maximum Gasteiger partial charge on any atom is 0.258 e. The van der Waals surface area contributed by atoms with Crippen molar-refractivity contribution in [3.05, 3.63) is 34.1 Å². The van der Waals surface area contributed by atoms with E-state index in [1.54, 1.807) is 17.0 Å². The summed E-state index contributed by atoms with van der Waals surface area (Å²) in [6.07, 6.45) is 0.975. The van der Waals surface area contributed by atoms with Gasteiger partial charge in [-0.1, -0.05) is 6.07 Å². The van der Waals surface area contributed by atoms with E-state index in [9.17, 15) is 9.18 Å². The van der Waals surface area contributed by atoms with Crippen LogP contribution in [0.3, 0.4) is 0 Å². The lowest BCUT2D eigenvalue weighted by atomic mass is 10.2. The summed E-state index contributed by atoms with van der Waals surface area (Å²) in [7, 11) is 0. The number of carbonyl (C=O) groups excluding carboxylic acids is 1. The molecule has 0 atom stereocenters. The lowest BCUT2D eigenvalue weighted by Gasteiger charge is -2.20. The van der Waals surface area contributed by atoms with Crippen molar-refractivity contribution in [3.8, 4) is 0 Å². The fourth-order valence-corrected chi connectivity index (χ4v) is 3.21. The monoisotopic (exact) mass is 317 g/mol. The minimum atomic E-state index is -0.457. The first-order valence-electron chi connectivity index (χ1n) is 5.51. The first kappa shape index (κ1) is 12.9. The Morgan fingerprint density at radius 3 is 2.94 bits per heavy atom. The summed E-state index contributed by atoms with van der Waals surface area (Å²) in [5.74, 6) is 1.33. The van der Waals surface area contributed by atoms with Crippen molar-refractivity contribution in [1.29, 1.82) is 0 Å². The van der Waals surface area contributed by atoms with Gasteiger partial charge in [0.1, 0.15) is 5.82 Å². The molecule has 17 heavy (non-hydrogen) atoms. The average Bonchev–Trinajstić information content (AvgIpc) is 2.57. The van der Waals surface area contributed by atoms with Gasteiger partial charge in [-0.15, -0.1) is 0 Å². The van der Waals surface area contributed by atoms with Crippen molar-refractivity contribution in [2.45, 2.75) is 6.42 Å². The molecule has 1 aromatic rings. The van der Waals surface area contributed by atoms with E-state index in [1.807, 2.05) is 11.8 Å². The fraction of sp³-hybridized carbons (Fsp3) is 0.417. The molecule has 1 aliphatic heterocycles. The number of hydrogen-bond donors (Lipinski definition) is 0. The van der Waals surface area contributed by atoms with Crippen LogP contribution in [0.4, 0.5) is 4.39 Å². The van der Waals surface area contributed by atoms with E-state index in [0.717, 1.165) is 17.9 Å². The van der Waals surface area contributed by atoms with Gasteiger partial charge < -0.3 is 4.90 Å². The Labute approximate surface area is 113 Å². The molecule has 92 valence electrons. The van der Waals surface area contributed by atoms with Crippen molar-refractivity contribution >= 4 is 33.6 Å². The summed E-state index contributed by atoms with van der Waals surface area (Å²) in [5.41, 5.74) is 0.152. The molecule has 0 unspecified atom stereocenters. The SMILES string of the molecule is O=C(c1c(F)cccc1Br)N1CCCSCC1. The van der Waals surface area contributed by atoms with Gasteiger partial charge in [0, 0.05) is 23.3 Å². The minimum Gasteiger partial charge on any atom is -0.338 e. The molecule has 0 aromatic heterocycles. The highest BCUT2D eigenvalue weighted by Gasteiger charge is 2.22. The van der Waals surface area contributed by atoms with Gasteiger partial charge in [0.2, 0.25) is 0 Å². The van der Waals surface area contributed by atoms with E-state index in [4.69, 9.17) is 0 Å². The van der Waals surface area contributed by atoms with Crippen molar-refractivity contribution in [1.82, 2.24) is 4.90 Å². The third-order valence-corrected chi connectivity index (χ3v) is 4.40. The maximum absolute atomic E-state index is 13.7. The molecule has 1 aromatic carbocycles. The van der Waals surface area contributed by atoms with Gasteiger partial charge in [-0.3, -0.25) is 4.79 Å². The van der Waals surface area contributed by atoms with Crippen LogP contribution in [0.15, 0.2) is 22.7 Å². The van der Waals surface area contributed by atoms with E-state index < -0.39 is 5.82 Å². The van der Waals surface area contributed by atoms with Gasteiger partial charge in [0.25, 0.3) is 5.91 Å². The normalized spacial score (nSPS) is 16.7. The molecule has 1 heterocycles. The predicted octanol–water partition coefficient (Wildman–Crippen LogP) is 3.17. The van der Waals surface area contributed by atoms with E-state index in [-0.39, 0.29) is 11.5 Å². The molecule has 5 heteroatoms. The summed E-state index contributed by atoms with van der Waals surface area (Å²) in [6, 6.07) is 4.61. The van der Waals surface area contributed by atoms with Gasteiger partial charge >= 0.3 is 0 Å². The molecular weight excluding hydrogens is 305 g/mol. The minimum absolute atomic E-state index is 0.152. The molecule has 1 aliphatic rings. The number of thioether (sulfide) groups is 1. The second-order valence-corrected chi connectivity index (χ2v) is 5.93. The summed E-state index contributed by atoms with van der Waals surface area (Å²) in [6.45, 7) is 1.41. The molecule has 0 aliphatic carbocycles. The molecule has 0 radical (unpaired) electrons. The molecule has 2 rings (SSSR count). The zero-order valence-corrected chi connectivity index (χ0v) is 11.7. The maximum atomic E-state index is 13.7. The second-order valence-electron chi connectivity index (χ2n) is 3.85. The van der Waals surface area contributed by atoms with Crippen LogP contribution in [0.2, 0.25) is 0 Å². The Bertz CT molecular complexity index is 399. The summed E-state index contributed by atoms with van der Waals surface area (Å²) in [5, 5.41) is 0. The van der Waals surface area contributed by atoms with Crippen molar-refractivity contribution in [2.75, 3.05) is 24.6 Å². The third kappa shape index (κ3) is 3.01. The Morgan fingerprint density at radius 2 is 2.18 bits per heavy atom. The van der Waals surface area contributed by atoms with Crippen LogP contribution in [0, 0.1) is 5.82 Å². The fourth-order valence-electron chi connectivity index (χ4n) is 1.81. The van der Waals surface area contributed by atoms with Gasteiger partial charge in [-0.2, -0.15) is 11.8 Å². The molecule has 1 fully saturated rings. The highest BCUT2D eigenvalue weighted by Crippen LogP contribution is 2.22. The molecule has 2 nitrogen and oxygen atoms in total. The smallest absolute Gasteiger partial charge is 0.258 e. The Kier molecular flexibility index (Phi) is 4.45. The lowest BCUT2D eigenvalue weighted by Crippen LogP contribution is -2.33. The molecule has 0 spiro atoms. The number of nitrogens with zero attached hydrogens (tertiary/aromatic N) is 1. The van der Waals surface area contributed by atoms with Gasteiger partial charge in [-0.25, -0.2) is 4.39 Å². The van der Waals surface area contributed by atoms with E-state index >= 15 is 0 Å². The van der Waals surface area contributed by atoms with Crippen LogP contribution in [0.5, 0.6) is 0 Å². The van der Waals surface area contributed by atoms with Gasteiger partial charge in [0.05, 0.1) is 5.56 Å². The lowest BCUT2D eigenvalue weighted by molar-refractivity contribution is 0.0763. The standard InChI is InChI=1S/C12H13BrFNOS/c13-9-3-1-4-10(14)11(9)12(16)15-5-2-7-17-8-6-15/h1,3-4H,2,5-8H2. The van der Waals surface area contributed by atoms with Crippen LogP contribution >= 0.6 is 27.7 Å². The average molecular weight is 318 g/mol. The van der Waals surface area contributed by atoms with Crippen LogP contribution in [-0.4, -0.2) is 35.4 Å². The summed E-state index contributed by atoms with van der Waals surface area (Å²) in [4.78, 5) is 14.0. The van der Waals surface area contributed by atoms with Gasteiger partial charge in [-0.05, 0) is 40.2 Å². The van der Waals surface area contributed by atoms with Crippen molar-refractivity contribution in [2.24, 2.45) is 0 Å². The predicted molar refractivity (Wildman–Crippen MR) is 71.9 cm³/mol. The van der Waals surface area contributed by atoms with Crippen LogP contribution in [-0.2, 0) is 0 Å². The third-order valence-electron chi connectivity index (χ3n) is 2.69. The second kappa shape index (κ2) is 5.87. The van der Waals surface area contributed by atoms with E-state index in [1.165, 1.54) is 6.07 Å². The first-order valence-corrected chi connectivity index (χ1v) is 7.46. The summed E-state index contributed by atoms with van der Waals surface area (Å²) >= 11 is 5.08. The molecule has 1 saturated heterocycles. The number of halogens is 2. The number of hydrogen-bond acceptors (Lipinski definition) is 2. The molecule has 0 saturated carbocycles. The topological polar surface area (TPSA) is 20.3 Å². The Balaban J connectivity index is 2.23. The Morgan fingerprint density at radius 1 is 1.35 bits per heavy atom. The van der Waals surface area contributed by atoms with Crippen molar-refractivity contribution < 1.29 is 9.18 Å². The van der Waals surface area contributed by atoms with E-state index in [2.05, 4.69) is 15.9 Å². The van der Waals surface area contributed by atoms with Crippen LogP contribution in [0.1, 0.15) is 16.8 Å². The largest absolute Gasteiger partial charge is 0.338 e. The van der Waals surface area contributed by atoms with E-state index in [0.29, 0.717) is 17.6 Å². The Hall–Kier alpha value is -0.550. The van der Waals surface area contributed by atoms with Crippen molar-refractivity contribution in [3.63, 3.8) is 0 Å². The summed E-state index contributed by atoms with van der Waals surface area (Å²) < 4.78 is 14.2. The highest BCUT2D eigenvalue weighted by atomic mass is 79.9. The number of carbonyl (C=O) groups is 1. The quantitative estimate of drug-likeness (QED) is 0.793. The highest BCUT2D eigenvalue weighted by molar-refractivity contribution is 9.10. The molecule has 0 N–H and O–H groups in total. The number of rotatable bonds is 1. The number of benzene rings is 1. The first-order chi connectivity index (χ1) is 8.20. The zero-order chi connectivity index (χ0) is 12.3. The van der Waals surface area contributed by atoms with Gasteiger partial charge in [0.15, 0.2) is 0 Å². The molecule has 1 amide bonds. The van der Waals surface area contributed by atoms with Crippen LogP contribution in [0.25, 0.3) is 0 Å². The molecule has 0 bridgehead atoms. The number of amides is 1.